The molecule has 0 saturated carbocycles. The van der Waals surface area contributed by atoms with Gasteiger partial charge >= 0.3 is 14.2 Å². The summed E-state index contributed by atoms with van der Waals surface area (Å²) in [5, 5.41) is 0. The molecule has 4 aromatic rings. The lowest BCUT2D eigenvalue weighted by Crippen LogP contribution is -2.30. The number of aromatic nitrogens is 2. The minimum atomic E-state index is -3.50. The van der Waals surface area contributed by atoms with Crippen LogP contribution in [0.25, 0.3) is 22.2 Å². The molecule has 0 fully saturated rings. The van der Waals surface area contributed by atoms with Crippen molar-refractivity contribution in [3.05, 3.63) is 82.9 Å². The molecule has 2 bridgehead atoms. The number of halogens is 3. The Bertz CT molecular complexity index is 1810. The van der Waals surface area contributed by atoms with Crippen molar-refractivity contribution in [2.75, 3.05) is 21.2 Å². The number of rotatable bonds is 7. The van der Waals surface area contributed by atoms with Gasteiger partial charge in [-0.2, -0.15) is 8.78 Å². The molecule has 0 unspecified atom stereocenters. The summed E-state index contributed by atoms with van der Waals surface area (Å²) in [6.07, 6.45) is -0.183. The van der Waals surface area contributed by atoms with Crippen LogP contribution in [0.2, 0.25) is 0 Å². The van der Waals surface area contributed by atoms with Gasteiger partial charge in [-0.3, -0.25) is 9.36 Å². The lowest BCUT2D eigenvalue weighted by molar-refractivity contribution is -0.0507. The van der Waals surface area contributed by atoms with E-state index >= 15 is 4.39 Å². The lowest BCUT2D eigenvalue weighted by atomic mass is 9.97. The number of imidazole rings is 1. The standard InChI is InChI=1S/C28H25F3N3O5P/c1-33-23-13-22(25-18(27(33)35)5-4-6-24(25)39-28(30)31)34-21-12-16(9-10-20(21)32-26(23)34)15-7-8-17(19(29)11-15)14-40(36,37-2)38-3/h4-12,22-23,28H,13-14H2,1-3H3/t22-,23-/m1/s1/i1D3. The number of nitrogens with zero attached hydrogens (tertiary/aromatic N) is 3. The third-order valence-corrected chi connectivity index (χ3v) is 9.30. The number of hydrogen-bond donors (Lipinski definition) is 0. The van der Waals surface area contributed by atoms with Gasteiger partial charge in [0.25, 0.3) is 5.91 Å². The van der Waals surface area contributed by atoms with E-state index in [1.807, 2.05) is 0 Å². The zero-order valence-corrected chi connectivity index (χ0v) is 22.2. The van der Waals surface area contributed by atoms with E-state index in [1.165, 1.54) is 44.6 Å². The summed E-state index contributed by atoms with van der Waals surface area (Å²) in [4.78, 5) is 19.0. The smallest absolute Gasteiger partial charge is 0.387 e. The highest BCUT2D eigenvalue weighted by Crippen LogP contribution is 2.51. The van der Waals surface area contributed by atoms with Gasteiger partial charge in [0.1, 0.15) is 17.4 Å². The molecule has 0 saturated heterocycles. The van der Waals surface area contributed by atoms with Gasteiger partial charge in [0, 0.05) is 42.9 Å². The van der Waals surface area contributed by atoms with Gasteiger partial charge in [0.2, 0.25) is 0 Å². The fraction of sp³-hybridized carbons (Fsp3) is 0.286. The van der Waals surface area contributed by atoms with E-state index in [1.54, 1.807) is 28.8 Å². The van der Waals surface area contributed by atoms with E-state index in [4.69, 9.17) is 17.9 Å². The maximum atomic E-state index is 15.1. The number of carbonyl (C=O) groups excluding carboxylic acids is 1. The van der Waals surface area contributed by atoms with Crippen LogP contribution in [0.15, 0.2) is 54.6 Å². The molecule has 2 aliphatic rings. The van der Waals surface area contributed by atoms with Gasteiger partial charge < -0.3 is 23.3 Å². The van der Waals surface area contributed by atoms with Crippen LogP contribution in [0.1, 0.15) is 49.9 Å². The normalized spacial score (nSPS) is 19.7. The van der Waals surface area contributed by atoms with E-state index in [0.717, 1.165) is 4.90 Å². The van der Waals surface area contributed by atoms with Gasteiger partial charge in [0.15, 0.2) is 0 Å². The van der Waals surface area contributed by atoms with Crippen LogP contribution in [0.5, 0.6) is 5.75 Å². The molecule has 3 heterocycles. The first-order chi connectivity index (χ1) is 20.3. The lowest BCUT2D eigenvalue weighted by Gasteiger charge is -2.24. The number of carbonyl (C=O) groups is 1. The molecule has 3 aromatic carbocycles. The average molecular weight is 575 g/mol. The monoisotopic (exact) mass is 574 g/mol. The van der Waals surface area contributed by atoms with Crippen LogP contribution in [0.3, 0.4) is 0 Å². The molecule has 6 rings (SSSR count). The fourth-order valence-electron chi connectivity index (χ4n) is 5.56. The van der Waals surface area contributed by atoms with E-state index in [2.05, 4.69) is 4.98 Å². The summed E-state index contributed by atoms with van der Waals surface area (Å²) in [5.41, 5.74) is 2.32. The second-order valence-corrected chi connectivity index (χ2v) is 11.8. The molecular weight excluding hydrogens is 546 g/mol. The Morgan fingerprint density at radius 1 is 1.10 bits per heavy atom. The molecule has 40 heavy (non-hydrogen) atoms. The van der Waals surface area contributed by atoms with Gasteiger partial charge in [-0.25, -0.2) is 9.37 Å². The third-order valence-electron chi connectivity index (χ3n) is 7.46. The summed E-state index contributed by atoms with van der Waals surface area (Å²) in [7, 11) is -1.06. The second kappa shape index (κ2) is 9.76. The number of ether oxygens (including phenoxy) is 1. The summed E-state index contributed by atoms with van der Waals surface area (Å²) in [5.74, 6) is -1.39. The highest BCUT2D eigenvalue weighted by molar-refractivity contribution is 7.52. The highest BCUT2D eigenvalue weighted by Gasteiger charge is 2.45. The van der Waals surface area contributed by atoms with Crippen LogP contribution < -0.4 is 4.74 Å². The Morgan fingerprint density at radius 3 is 2.55 bits per heavy atom. The van der Waals surface area contributed by atoms with Crippen LogP contribution >= 0.6 is 7.60 Å². The van der Waals surface area contributed by atoms with E-state index in [0.29, 0.717) is 22.2 Å². The molecule has 0 aliphatic carbocycles. The first-order valence-electron chi connectivity index (χ1n) is 13.8. The van der Waals surface area contributed by atoms with Crippen molar-refractivity contribution in [1.82, 2.24) is 14.5 Å². The molecule has 0 N–H and O–H groups in total. The van der Waals surface area contributed by atoms with Crippen molar-refractivity contribution >= 4 is 24.5 Å². The van der Waals surface area contributed by atoms with Gasteiger partial charge in [-0.05, 0) is 47.0 Å². The minimum Gasteiger partial charge on any atom is -0.434 e. The van der Waals surface area contributed by atoms with Crippen LogP contribution in [-0.2, 0) is 19.8 Å². The number of hydrogen-bond acceptors (Lipinski definition) is 6. The highest BCUT2D eigenvalue weighted by atomic mass is 31.2. The molecule has 8 nitrogen and oxygen atoms in total. The molecule has 1 amide bonds. The number of benzene rings is 3. The first kappa shape index (κ1) is 23.1. The largest absolute Gasteiger partial charge is 0.434 e. The first-order valence-corrected chi connectivity index (χ1v) is 14.0. The van der Waals surface area contributed by atoms with Crippen molar-refractivity contribution in [1.29, 1.82) is 0 Å². The van der Waals surface area contributed by atoms with Crippen LogP contribution in [0.4, 0.5) is 13.2 Å². The van der Waals surface area contributed by atoms with E-state index in [9.17, 15) is 18.1 Å². The van der Waals surface area contributed by atoms with Crippen molar-refractivity contribution in [2.45, 2.75) is 31.3 Å². The number of fused-ring (bicyclic) bond motifs is 9. The van der Waals surface area contributed by atoms with Gasteiger partial charge in [-0.1, -0.05) is 24.3 Å². The summed E-state index contributed by atoms with van der Waals surface area (Å²) < 4.78 is 95.3. The summed E-state index contributed by atoms with van der Waals surface area (Å²) in [6, 6.07) is 11.9. The number of alkyl halides is 2. The van der Waals surface area contributed by atoms with Crippen molar-refractivity contribution < 1.29 is 40.4 Å². The van der Waals surface area contributed by atoms with E-state index < -0.39 is 45.0 Å². The molecule has 208 valence electrons. The molecule has 2 aliphatic heterocycles. The molecular formula is C28H25F3N3O5P. The SMILES string of the molecule is [2H]C([2H])([2H])N1C(=O)c2cccc(OC(F)F)c2[C@H]2C[C@@H]1c1nc3ccc(-c4ccc(CP(=O)(OC)OC)c(F)c4)cc3n12. The summed E-state index contributed by atoms with van der Waals surface area (Å²) >= 11 is 0. The Kier molecular flexibility index (Phi) is 5.63. The third kappa shape index (κ3) is 4.20. The van der Waals surface area contributed by atoms with Crippen LogP contribution in [0, 0.1) is 5.82 Å². The topological polar surface area (TPSA) is 82.9 Å². The van der Waals surface area contributed by atoms with E-state index in [-0.39, 0.29) is 40.8 Å². The van der Waals surface area contributed by atoms with Crippen LogP contribution in [-0.4, -0.2) is 48.2 Å². The fourth-order valence-corrected chi connectivity index (χ4v) is 6.64. The molecule has 2 atom stereocenters. The van der Waals surface area contributed by atoms with Gasteiger partial charge in [-0.15, -0.1) is 0 Å². The molecule has 1 aromatic heterocycles. The van der Waals surface area contributed by atoms with Crippen molar-refractivity contribution in [3.8, 4) is 16.9 Å². The maximum Gasteiger partial charge on any atom is 0.387 e. The van der Waals surface area contributed by atoms with Gasteiger partial charge in [0.05, 0.1) is 29.3 Å². The zero-order chi connectivity index (χ0) is 30.8. The summed E-state index contributed by atoms with van der Waals surface area (Å²) in [6.45, 7) is -6.02. The minimum absolute atomic E-state index is 0.0486. The number of amides is 1. The van der Waals surface area contributed by atoms with Crippen molar-refractivity contribution in [3.63, 3.8) is 0 Å². The zero-order valence-electron chi connectivity index (χ0n) is 24.3. The predicted molar refractivity (Wildman–Crippen MR) is 141 cm³/mol. The quantitative estimate of drug-likeness (QED) is 0.233. The van der Waals surface area contributed by atoms with Crippen molar-refractivity contribution in [2.24, 2.45) is 0 Å². The predicted octanol–water partition coefficient (Wildman–Crippen LogP) is 6.55. The maximum absolute atomic E-state index is 15.1. The average Bonchev–Trinajstić information content (AvgIpc) is 3.46. The Morgan fingerprint density at radius 2 is 1.85 bits per heavy atom. The molecule has 0 radical (unpaired) electrons. The second-order valence-electron chi connectivity index (χ2n) is 9.52. The Balaban J connectivity index is 1.50. The molecule has 12 heteroatoms. The molecule has 0 spiro atoms. The Labute approximate surface area is 232 Å². The Hall–Kier alpha value is -3.66.